The Hall–Kier alpha value is -3.15. The molecule has 0 saturated carbocycles. The summed E-state index contributed by atoms with van der Waals surface area (Å²) in [5, 5.41) is 11.2. The van der Waals surface area contributed by atoms with E-state index in [1.165, 1.54) is 6.20 Å². The number of aromatic nitrogens is 1. The fourth-order valence-electron chi connectivity index (χ4n) is 2.75. The predicted molar refractivity (Wildman–Crippen MR) is 96.7 cm³/mol. The van der Waals surface area contributed by atoms with E-state index in [9.17, 15) is 10.1 Å². The van der Waals surface area contributed by atoms with Crippen LogP contribution in [0.4, 0.5) is 0 Å². The molecule has 134 valence electrons. The fraction of sp³-hybridized carbons (Fsp3) is 0.278. The molecule has 26 heavy (non-hydrogen) atoms. The first kappa shape index (κ1) is 17.7. The van der Waals surface area contributed by atoms with Crippen LogP contribution in [0.15, 0.2) is 30.1 Å². The molecule has 1 aliphatic rings. The van der Waals surface area contributed by atoms with Crippen molar-refractivity contribution in [1.29, 1.82) is 5.26 Å². The lowest BCUT2D eigenvalue weighted by atomic mass is 10.1. The molecule has 0 spiro atoms. The monoisotopic (exact) mass is 352 g/mol. The van der Waals surface area contributed by atoms with Crippen molar-refractivity contribution in [3.63, 3.8) is 0 Å². The Balaban J connectivity index is 2.08. The number of ether oxygens (including phenoxy) is 1. The highest BCUT2D eigenvalue weighted by Crippen LogP contribution is 2.31. The zero-order valence-electron chi connectivity index (χ0n) is 14.6. The summed E-state index contributed by atoms with van der Waals surface area (Å²) in [5.74, 6) is 5.69. The fourth-order valence-corrected chi connectivity index (χ4v) is 2.75. The molecule has 3 rings (SSSR count). The minimum atomic E-state index is -0.329. The lowest BCUT2D eigenvalue weighted by molar-refractivity contribution is -0.118. The van der Waals surface area contributed by atoms with Crippen molar-refractivity contribution >= 4 is 22.9 Å². The number of carbonyl (C=O) groups excluding carboxylic acids is 1. The van der Waals surface area contributed by atoms with Gasteiger partial charge in [0.25, 0.3) is 5.91 Å². The van der Waals surface area contributed by atoms with E-state index in [1.807, 2.05) is 32.0 Å². The normalized spacial score (nSPS) is 16.0. The third-order valence-corrected chi connectivity index (χ3v) is 4.18. The standard InChI is InChI=1S/C18H20N6O2/c1-3-13(4-2)26-17-12(9-19)10-21-15-6-5-11(7-14(15)17)8-16-18(25)23-24(20)22-16/h5-8,10,13,22H,3-4,20H2,1-2H3,(H,23,25)/b16-8-. The topological polar surface area (TPSA) is 116 Å². The highest BCUT2D eigenvalue weighted by atomic mass is 16.5. The lowest BCUT2D eigenvalue weighted by Gasteiger charge is -2.18. The van der Waals surface area contributed by atoms with E-state index < -0.39 is 0 Å². The van der Waals surface area contributed by atoms with Crippen molar-refractivity contribution in [2.24, 2.45) is 5.84 Å². The summed E-state index contributed by atoms with van der Waals surface area (Å²) < 4.78 is 6.10. The first-order valence-electron chi connectivity index (χ1n) is 8.39. The summed E-state index contributed by atoms with van der Waals surface area (Å²) in [6, 6.07) is 7.66. The van der Waals surface area contributed by atoms with Crippen molar-refractivity contribution in [3.8, 4) is 11.8 Å². The number of nitriles is 1. The Bertz CT molecular complexity index is 914. The Kier molecular flexibility index (Phi) is 5.02. The van der Waals surface area contributed by atoms with Crippen LogP contribution in [0.1, 0.15) is 37.8 Å². The van der Waals surface area contributed by atoms with Crippen molar-refractivity contribution in [3.05, 3.63) is 41.2 Å². The molecule has 0 unspecified atom stereocenters. The smallest absolute Gasteiger partial charge is 0.285 e. The Morgan fingerprint density at radius 3 is 2.77 bits per heavy atom. The Morgan fingerprint density at radius 2 is 2.15 bits per heavy atom. The van der Waals surface area contributed by atoms with Gasteiger partial charge < -0.3 is 4.74 Å². The van der Waals surface area contributed by atoms with Gasteiger partial charge in [-0.15, -0.1) is 0 Å². The number of hydrogen-bond acceptors (Lipinski definition) is 7. The molecule has 8 nitrogen and oxygen atoms in total. The minimum absolute atomic E-state index is 0.0165. The second-order valence-corrected chi connectivity index (χ2v) is 5.93. The third-order valence-electron chi connectivity index (χ3n) is 4.18. The maximum absolute atomic E-state index is 11.8. The summed E-state index contributed by atoms with van der Waals surface area (Å²) in [5.41, 5.74) is 7.29. The number of fused-ring (bicyclic) bond motifs is 1. The molecule has 2 heterocycles. The molecule has 0 atom stereocenters. The number of carbonyl (C=O) groups is 1. The number of hydrazine groups is 3. The second kappa shape index (κ2) is 7.39. The summed E-state index contributed by atoms with van der Waals surface area (Å²) in [7, 11) is 0. The molecule has 1 aromatic carbocycles. The molecule has 8 heteroatoms. The van der Waals surface area contributed by atoms with Crippen LogP contribution in [0.5, 0.6) is 5.75 Å². The van der Waals surface area contributed by atoms with E-state index >= 15 is 0 Å². The van der Waals surface area contributed by atoms with Crippen LogP contribution in [0, 0.1) is 11.3 Å². The van der Waals surface area contributed by atoms with Gasteiger partial charge in [0.05, 0.1) is 11.6 Å². The molecule has 1 fully saturated rings. The van der Waals surface area contributed by atoms with Crippen molar-refractivity contribution < 1.29 is 9.53 Å². The van der Waals surface area contributed by atoms with Crippen LogP contribution in [-0.4, -0.2) is 22.2 Å². The van der Waals surface area contributed by atoms with Crippen LogP contribution < -0.4 is 21.4 Å². The van der Waals surface area contributed by atoms with Crippen LogP contribution in [0.3, 0.4) is 0 Å². The minimum Gasteiger partial charge on any atom is -0.488 e. The van der Waals surface area contributed by atoms with E-state index in [4.69, 9.17) is 10.6 Å². The number of hydrogen-bond donors (Lipinski definition) is 3. The van der Waals surface area contributed by atoms with Crippen LogP contribution in [0.2, 0.25) is 0 Å². The number of benzene rings is 1. The molecule has 4 N–H and O–H groups in total. The molecule has 2 aromatic rings. The van der Waals surface area contributed by atoms with Gasteiger partial charge in [-0.25, -0.2) is 5.84 Å². The quantitative estimate of drug-likeness (QED) is 0.554. The number of rotatable bonds is 5. The zero-order chi connectivity index (χ0) is 18.7. The lowest BCUT2D eigenvalue weighted by Crippen LogP contribution is -2.44. The molecule has 1 aliphatic heterocycles. The van der Waals surface area contributed by atoms with Gasteiger partial charge in [-0.05, 0) is 36.6 Å². The molecule has 1 amide bonds. The maximum Gasteiger partial charge on any atom is 0.285 e. The molecule has 1 saturated heterocycles. The number of nitrogens with zero attached hydrogens (tertiary/aromatic N) is 3. The van der Waals surface area contributed by atoms with Gasteiger partial charge in [0.1, 0.15) is 23.1 Å². The van der Waals surface area contributed by atoms with E-state index in [0.717, 1.165) is 34.5 Å². The predicted octanol–water partition coefficient (Wildman–Crippen LogP) is 1.74. The third kappa shape index (κ3) is 3.44. The summed E-state index contributed by atoms with van der Waals surface area (Å²) >= 11 is 0. The summed E-state index contributed by atoms with van der Waals surface area (Å²) in [4.78, 5) is 16.1. The Morgan fingerprint density at radius 1 is 1.38 bits per heavy atom. The molecular formula is C18H20N6O2. The highest BCUT2D eigenvalue weighted by Gasteiger charge is 2.21. The van der Waals surface area contributed by atoms with Gasteiger partial charge in [-0.2, -0.15) is 5.26 Å². The van der Waals surface area contributed by atoms with E-state index in [-0.39, 0.29) is 12.0 Å². The van der Waals surface area contributed by atoms with Gasteiger partial charge >= 0.3 is 0 Å². The first-order valence-corrected chi connectivity index (χ1v) is 8.39. The van der Waals surface area contributed by atoms with Crippen LogP contribution in [-0.2, 0) is 4.79 Å². The average Bonchev–Trinajstić information content (AvgIpc) is 2.96. The Labute approximate surface area is 151 Å². The van der Waals surface area contributed by atoms with Gasteiger partial charge in [0, 0.05) is 11.6 Å². The van der Waals surface area contributed by atoms with Crippen molar-refractivity contribution in [2.45, 2.75) is 32.8 Å². The van der Waals surface area contributed by atoms with Crippen LogP contribution in [0.25, 0.3) is 17.0 Å². The van der Waals surface area contributed by atoms with Gasteiger partial charge in [0.15, 0.2) is 0 Å². The summed E-state index contributed by atoms with van der Waals surface area (Å²) in [6.45, 7) is 4.09. The van der Waals surface area contributed by atoms with Gasteiger partial charge in [0.2, 0.25) is 0 Å². The number of amides is 1. The highest BCUT2D eigenvalue weighted by molar-refractivity contribution is 5.99. The van der Waals surface area contributed by atoms with E-state index in [2.05, 4.69) is 21.9 Å². The number of nitrogens with two attached hydrogens (primary N) is 1. The first-order chi connectivity index (χ1) is 12.5. The van der Waals surface area contributed by atoms with Crippen LogP contribution >= 0.6 is 0 Å². The molecule has 0 bridgehead atoms. The molecule has 0 aliphatic carbocycles. The largest absolute Gasteiger partial charge is 0.488 e. The molecular weight excluding hydrogens is 332 g/mol. The van der Waals surface area contributed by atoms with Crippen molar-refractivity contribution in [1.82, 2.24) is 21.1 Å². The second-order valence-electron chi connectivity index (χ2n) is 5.93. The van der Waals surface area contributed by atoms with E-state index in [1.54, 1.807) is 6.08 Å². The average molecular weight is 352 g/mol. The maximum atomic E-state index is 11.8. The number of pyridine rings is 1. The van der Waals surface area contributed by atoms with E-state index in [0.29, 0.717) is 17.0 Å². The summed E-state index contributed by atoms with van der Waals surface area (Å²) in [6.07, 6.45) is 4.89. The van der Waals surface area contributed by atoms with Crippen molar-refractivity contribution in [2.75, 3.05) is 0 Å². The zero-order valence-corrected chi connectivity index (χ0v) is 14.6. The molecule has 0 radical (unpaired) electrons. The molecule has 1 aromatic heterocycles. The number of nitrogens with one attached hydrogen (secondary N) is 2. The van der Waals surface area contributed by atoms with Gasteiger partial charge in [-0.1, -0.05) is 25.1 Å². The van der Waals surface area contributed by atoms with Gasteiger partial charge in [-0.3, -0.25) is 20.6 Å². The SMILES string of the molecule is CCC(CC)Oc1c(C#N)cnc2ccc(/C=C3\NN(N)NC3=O)cc12.